The Labute approximate surface area is 122 Å². The van der Waals surface area contributed by atoms with Crippen LogP contribution in [0.5, 0.6) is 0 Å². The van der Waals surface area contributed by atoms with Gasteiger partial charge in [0.25, 0.3) is 5.91 Å². The van der Waals surface area contributed by atoms with E-state index in [0.29, 0.717) is 0 Å². The molecule has 0 radical (unpaired) electrons. The van der Waals surface area contributed by atoms with Crippen molar-refractivity contribution < 1.29 is 23.5 Å². The molecule has 0 atom stereocenters. The smallest absolute Gasteiger partial charge is 0.335 e. The van der Waals surface area contributed by atoms with Gasteiger partial charge < -0.3 is 10.4 Å². The number of rotatable bonds is 3. The lowest BCUT2D eigenvalue weighted by Gasteiger charge is -2.08. The molecular formula is C13H7ClF2N2O3. The van der Waals surface area contributed by atoms with E-state index in [9.17, 15) is 18.4 Å². The molecule has 0 aliphatic heterocycles. The molecule has 1 amide bonds. The molecule has 5 nitrogen and oxygen atoms in total. The zero-order valence-electron chi connectivity index (χ0n) is 10.2. The molecular weight excluding hydrogens is 306 g/mol. The molecule has 2 aromatic rings. The Morgan fingerprint density at radius 3 is 2.57 bits per heavy atom. The van der Waals surface area contributed by atoms with Crippen LogP contribution in [-0.4, -0.2) is 22.0 Å². The zero-order valence-corrected chi connectivity index (χ0v) is 11.0. The molecule has 1 aromatic carbocycles. The first kappa shape index (κ1) is 14.9. The van der Waals surface area contributed by atoms with Gasteiger partial charge >= 0.3 is 5.97 Å². The minimum absolute atomic E-state index is 0.0433. The summed E-state index contributed by atoms with van der Waals surface area (Å²) in [4.78, 5) is 25.6. The average Bonchev–Trinajstić information content (AvgIpc) is 2.43. The van der Waals surface area contributed by atoms with Crippen LogP contribution in [0.1, 0.15) is 20.7 Å². The molecule has 1 aromatic heterocycles. The SMILES string of the molecule is O=C(O)c1ccc(NC(=O)c2ccnc(F)c2F)c(Cl)c1. The van der Waals surface area contributed by atoms with E-state index >= 15 is 0 Å². The van der Waals surface area contributed by atoms with Crippen molar-refractivity contribution in [2.24, 2.45) is 0 Å². The van der Waals surface area contributed by atoms with E-state index < -0.39 is 29.2 Å². The first-order valence-corrected chi connectivity index (χ1v) is 5.92. The summed E-state index contributed by atoms with van der Waals surface area (Å²) in [6, 6.07) is 4.60. The fourth-order valence-corrected chi connectivity index (χ4v) is 1.76. The molecule has 2 rings (SSSR count). The zero-order chi connectivity index (χ0) is 15.6. The molecule has 8 heteroatoms. The van der Waals surface area contributed by atoms with Gasteiger partial charge in [0, 0.05) is 6.20 Å². The number of carbonyl (C=O) groups excluding carboxylic acids is 1. The summed E-state index contributed by atoms with van der Waals surface area (Å²) in [6.45, 7) is 0. The topological polar surface area (TPSA) is 79.3 Å². The molecule has 0 bridgehead atoms. The fourth-order valence-electron chi connectivity index (χ4n) is 1.53. The molecule has 0 aliphatic rings. The maximum Gasteiger partial charge on any atom is 0.335 e. The van der Waals surface area contributed by atoms with Crippen molar-refractivity contribution >= 4 is 29.2 Å². The second kappa shape index (κ2) is 5.84. The molecule has 21 heavy (non-hydrogen) atoms. The predicted molar refractivity (Wildman–Crippen MR) is 70.5 cm³/mol. The van der Waals surface area contributed by atoms with Gasteiger partial charge in [-0.25, -0.2) is 14.2 Å². The van der Waals surface area contributed by atoms with Gasteiger partial charge in [0.15, 0.2) is 5.82 Å². The van der Waals surface area contributed by atoms with E-state index in [1.165, 1.54) is 12.1 Å². The van der Waals surface area contributed by atoms with Crippen LogP contribution >= 0.6 is 11.6 Å². The largest absolute Gasteiger partial charge is 0.478 e. The summed E-state index contributed by atoms with van der Waals surface area (Å²) in [5, 5.41) is 11.0. The number of carbonyl (C=O) groups is 2. The first-order valence-electron chi connectivity index (χ1n) is 5.54. The molecule has 0 unspecified atom stereocenters. The van der Waals surface area contributed by atoms with Crippen LogP contribution in [0.2, 0.25) is 5.02 Å². The summed E-state index contributed by atoms with van der Waals surface area (Å²) < 4.78 is 26.4. The molecule has 0 saturated carbocycles. The Bertz CT molecular complexity index is 737. The van der Waals surface area contributed by atoms with Crippen LogP contribution in [0.25, 0.3) is 0 Å². The Balaban J connectivity index is 2.28. The Kier molecular flexibility index (Phi) is 4.13. The number of anilines is 1. The third kappa shape index (κ3) is 3.14. The highest BCUT2D eigenvalue weighted by Crippen LogP contribution is 2.24. The van der Waals surface area contributed by atoms with Crippen molar-refractivity contribution in [1.82, 2.24) is 4.98 Å². The van der Waals surface area contributed by atoms with Crippen molar-refractivity contribution in [3.8, 4) is 0 Å². The molecule has 0 saturated heterocycles. The number of carboxylic acids is 1. The Hall–Kier alpha value is -2.54. The molecule has 0 aliphatic carbocycles. The van der Waals surface area contributed by atoms with E-state index in [-0.39, 0.29) is 16.3 Å². The van der Waals surface area contributed by atoms with Gasteiger partial charge in [0.05, 0.1) is 21.8 Å². The number of halogens is 3. The van der Waals surface area contributed by atoms with E-state index in [2.05, 4.69) is 10.3 Å². The summed E-state index contributed by atoms with van der Waals surface area (Å²) >= 11 is 5.82. The maximum atomic E-state index is 13.4. The number of aromatic carboxylic acids is 1. The second-order valence-corrected chi connectivity index (χ2v) is 4.32. The van der Waals surface area contributed by atoms with Gasteiger partial charge in [-0.3, -0.25) is 4.79 Å². The van der Waals surface area contributed by atoms with E-state index in [0.717, 1.165) is 18.3 Å². The molecule has 0 spiro atoms. The lowest BCUT2D eigenvalue weighted by molar-refractivity contribution is 0.0696. The minimum Gasteiger partial charge on any atom is -0.478 e. The summed E-state index contributed by atoms with van der Waals surface area (Å²) in [7, 11) is 0. The molecule has 0 fully saturated rings. The van der Waals surface area contributed by atoms with Gasteiger partial charge in [-0.05, 0) is 24.3 Å². The van der Waals surface area contributed by atoms with Crippen LogP contribution < -0.4 is 5.32 Å². The van der Waals surface area contributed by atoms with Crippen molar-refractivity contribution in [2.45, 2.75) is 0 Å². The van der Waals surface area contributed by atoms with Crippen LogP contribution in [0.4, 0.5) is 14.5 Å². The number of benzene rings is 1. The fraction of sp³-hybridized carbons (Fsp3) is 0. The number of aromatic nitrogens is 1. The monoisotopic (exact) mass is 312 g/mol. The number of hydrogen-bond acceptors (Lipinski definition) is 3. The highest BCUT2D eigenvalue weighted by molar-refractivity contribution is 6.34. The van der Waals surface area contributed by atoms with E-state index in [1.807, 2.05) is 0 Å². The Morgan fingerprint density at radius 2 is 1.95 bits per heavy atom. The summed E-state index contributed by atoms with van der Waals surface area (Å²) in [5.41, 5.74) is -0.539. The molecule has 1 heterocycles. The highest BCUT2D eigenvalue weighted by atomic mass is 35.5. The van der Waals surface area contributed by atoms with Crippen LogP contribution in [0.3, 0.4) is 0 Å². The minimum atomic E-state index is -1.39. The van der Waals surface area contributed by atoms with Crippen LogP contribution in [0.15, 0.2) is 30.5 Å². The molecule has 2 N–H and O–H groups in total. The van der Waals surface area contributed by atoms with E-state index in [4.69, 9.17) is 16.7 Å². The van der Waals surface area contributed by atoms with Gasteiger partial charge in [-0.1, -0.05) is 11.6 Å². The quantitative estimate of drug-likeness (QED) is 0.854. The van der Waals surface area contributed by atoms with E-state index in [1.54, 1.807) is 0 Å². The van der Waals surface area contributed by atoms with Gasteiger partial charge in [-0.15, -0.1) is 0 Å². The number of carboxylic acid groups (broad SMARTS) is 1. The third-order valence-corrected chi connectivity index (χ3v) is 2.87. The number of amides is 1. The summed E-state index contributed by atoms with van der Waals surface area (Å²) in [5.74, 6) is -4.89. The summed E-state index contributed by atoms with van der Waals surface area (Å²) in [6.07, 6.45) is 0.947. The molecule has 108 valence electrons. The van der Waals surface area contributed by atoms with Gasteiger partial charge in [0.2, 0.25) is 5.95 Å². The lowest BCUT2D eigenvalue weighted by atomic mass is 10.2. The first-order chi connectivity index (χ1) is 9.90. The Morgan fingerprint density at radius 1 is 1.24 bits per heavy atom. The number of nitrogens with zero attached hydrogens (tertiary/aromatic N) is 1. The lowest BCUT2D eigenvalue weighted by Crippen LogP contribution is -2.15. The third-order valence-electron chi connectivity index (χ3n) is 2.56. The van der Waals surface area contributed by atoms with Crippen molar-refractivity contribution in [1.29, 1.82) is 0 Å². The van der Waals surface area contributed by atoms with Crippen molar-refractivity contribution in [3.63, 3.8) is 0 Å². The predicted octanol–water partition coefficient (Wildman–Crippen LogP) is 2.96. The van der Waals surface area contributed by atoms with Crippen LogP contribution in [0, 0.1) is 11.8 Å². The van der Waals surface area contributed by atoms with Gasteiger partial charge in [-0.2, -0.15) is 4.39 Å². The number of hydrogen-bond donors (Lipinski definition) is 2. The second-order valence-electron chi connectivity index (χ2n) is 3.92. The van der Waals surface area contributed by atoms with Crippen LogP contribution in [-0.2, 0) is 0 Å². The number of pyridine rings is 1. The maximum absolute atomic E-state index is 13.4. The number of nitrogens with one attached hydrogen (secondary N) is 1. The standard InChI is InChI=1S/C13H7ClF2N2O3/c14-8-5-6(13(20)21)1-2-9(8)18-12(19)7-3-4-17-11(16)10(7)15/h1-5H,(H,18,19)(H,20,21). The average molecular weight is 313 g/mol. The van der Waals surface area contributed by atoms with Crippen molar-refractivity contribution in [3.05, 3.63) is 58.4 Å². The highest BCUT2D eigenvalue weighted by Gasteiger charge is 2.17. The van der Waals surface area contributed by atoms with Gasteiger partial charge in [0.1, 0.15) is 0 Å². The van der Waals surface area contributed by atoms with Crippen molar-refractivity contribution in [2.75, 3.05) is 5.32 Å². The normalized spacial score (nSPS) is 10.2.